The van der Waals surface area contributed by atoms with Gasteiger partial charge in [0, 0.05) is 58.0 Å². The first-order valence-corrected chi connectivity index (χ1v) is 11.8. The average Bonchev–Trinajstić information content (AvgIpc) is 3.11. The van der Waals surface area contributed by atoms with Crippen molar-refractivity contribution in [1.82, 2.24) is 14.4 Å². The van der Waals surface area contributed by atoms with Crippen molar-refractivity contribution in [2.75, 3.05) is 46.9 Å². The number of para-hydroxylation sites is 1. The van der Waals surface area contributed by atoms with Gasteiger partial charge in [-0.05, 0) is 62.6 Å². The minimum absolute atomic E-state index is 0.397. The Labute approximate surface area is 194 Å². The highest BCUT2D eigenvalue weighted by atomic mass is 16.5. The topological polar surface area (TPSA) is 20.6 Å². The minimum atomic E-state index is -0.397. The van der Waals surface area contributed by atoms with E-state index in [2.05, 4.69) is 99.2 Å². The van der Waals surface area contributed by atoms with Crippen molar-refractivity contribution in [3.63, 3.8) is 0 Å². The maximum absolute atomic E-state index is 5.89. The molecule has 0 radical (unpaired) electrons. The summed E-state index contributed by atoms with van der Waals surface area (Å²) in [7, 11) is 6.14. The Hall–Kier alpha value is -2.14. The number of fused-ring (bicyclic) bond motifs is 1. The molecule has 0 N–H and O–H groups in total. The van der Waals surface area contributed by atoms with E-state index in [0.29, 0.717) is 0 Å². The van der Waals surface area contributed by atoms with E-state index in [1.165, 1.54) is 27.7 Å². The second-order valence-electron chi connectivity index (χ2n) is 9.68. The Kier molecular flexibility index (Phi) is 7.81. The molecule has 0 amide bonds. The summed E-state index contributed by atoms with van der Waals surface area (Å²) in [5, 5.41) is 1.30. The van der Waals surface area contributed by atoms with Crippen LogP contribution in [0.25, 0.3) is 16.5 Å². The van der Waals surface area contributed by atoms with Gasteiger partial charge in [-0.25, -0.2) is 0 Å². The molecule has 1 aliphatic rings. The highest BCUT2D eigenvalue weighted by Crippen LogP contribution is 2.30. The van der Waals surface area contributed by atoms with Gasteiger partial charge in [0.25, 0.3) is 0 Å². The van der Waals surface area contributed by atoms with Crippen LogP contribution < -0.4 is 0 Å². The van der Waals surface area contributed by atoms with Crippen molar-refractivity contribution in [3.8, 4) is 0 Å². The van der Waals surface area contributed by atoms with Crippen molar-refractivity contribution in [1.29, 1.82) is 0 Å². The Bertz CT molecular complexity index is 1020. The van der Waals surface area contributed by atoms with E-state index in [4.69, 9.17) is 4.74 Å². The maximum atomic E-state index is 5.89. The molecule has 32 heavy (non-hydrogen) atoms. The third kappa shape index (κ3) is 5.43. The predicted molar refractivity (Wildman–Crippen MR) is 138 cm³/mol. The number of hydrogen-bond donors (Lipinski definition) is 0. The number of methoxy groups -OCH3 is 1. The molecule has 1 aromatic heterocycles. The highest BCUT2D eigenvalue weighted by Gasteiger charge is 2.23. The zero-order chi connectivity index (χ0) is 23.5. The lowest BCUT2D eigenvalue weighted by Crippen LogP contribution is -2.44. The monoisotopic (exact) mass is 435 g/mol. The summed E-state index contributed by atoms with van der Waals surface area (Å²) in [6.45, 7) is 18.4. The highest BCUT2D eigenvalue weighted by molar-refractivity contribution is 5.88. The fourth-order valence-corrected chi connectivity index (χ4v) is 4.54. The van der Waals surface area contributed by atoms with Gasteiger partial charge in [0.1, 0.15) is 0 Å². The number of piperazine rings is 1. The summed E-state index contributed by atoms with van der Waals surface area (Å²) in [5.74, 6) is 0. The van der Waals surface area contributed by atoms with Gasteiger partial charge in [0.15, 0.2) is 0 Å². The van der Waals surface area contributed by atoms with Crippen molar-refractivity contribution >= 4 is 16.5 Å². The zero-order valence-corrected chi connectivity index (χ0v) is 21.2. The average molecular weight is 436 g/mol. The maximum Gasteiger partial charge on any atom is 0.0871 e. The van der Waals surface area contributed by atoms with E-state index in [0.717, 1.165) is 50.3 Å². The van der Waals surface area contributed by atoms with Crippen molar-refractivity contribution in [3.05, 3.63) is 65.4 Å². The molecule has 1 fully saturated rings. The number of allylic oxidation sites excluding steroid dienone is 1. The van der Waals surface area contributed by atoms with Crippen LogP contribution in [0.3, 0.4) is 0 Å². The van der Waals surface area contributed by atoms with Crippen LogP contribution in [0.4, 0.5) is 0 Å². The summed E-state index contributed by atoms with van der Waals surface area (Å²) >= 11 is 0. The summed E-state index contributed by atoms with van der Waals surface area (Å²) in [5.41, 5.74) is 7.07. The minimum Gasteiger partial charge on any atom is -0.374 e. The molecular weight excluding hydrogens is 394 g/mol. The first-order chi connectivity index (χ1) is 15.2. The summed E-state index contributed by atoms with van der Waals surface area (Å²) in [4.78, 5) is 4.87. The SMILES string of the molecule is C=C(/C=C(\C=C(/C)c1cc2cccc(CC)c2n1C)C(C)(C)OC)CN1CCN(C)CC1. The van der Waals surface area contributed by atoms with E-state index in [1.807, 2.05) is 0 Å². The number of aryl methyl sites for hydroxylation is 2. The fraction of sp³-hybridized carbons (Fsp3) is 0.500. The van der Waals surface area contributed by atoms with Crippen LogP contribution in [-0.2, 0) is 18.2 Å². The molecule has 0 bridgehead atoms. The van der Waals surface area contributed by atoms with Crippen LogP contribution in [0.5, 0.6) is 0 Å². The predicted octanol–water partition coefficient (Wildman–Crippen LogP) is 5.30. The van der Waals surface area contributed by atoms with Gasteiger partial charge in [-0.1, -0.05) is 43.9 Å². The lowest BCUT2D eigenvalue weighted by atomic mass is 9.93. The molecule has 0 unspecified atom stereocenters. The Morgan fingerprint density at radius 2 is 1.81 bits per heavy atom. The number of hydrogen-bond acceptors (Lipinski definition) is 3. The lowest BCUT2D eigenvalue weighted by Gasteiger charge is -2.33. The van der Waals surface area contributed by atoms with E-state index >= 15 is 0 Å². The number of aromatic nitrogens is 1. The number of likely N-dealkylation sites (N-methyl/N-ethyl adjacent to an activating group) is 1. The first kappa shape index (κ1) is 24.5. The van der Waals surface area contributed by atoms with Crippen molar-refractivity contribution < 1.29 is 4.74 Å². The standard InChI is InChI=1S/C28H41N3O/c1-9-23-11-10-12-24-19-26(30(7)27(23)24)22(3)18-25(28(4,5)32-8)17-21(2)20-31-15-13-29(6)14-16-31/h10-12,17-19H,2,9,13-16,20H2,1,3-8H3/b22-18+,25-17+. The molecule has 0 saturated carbocycles. The molecule has 0 atom stereocenters. The molecule has 4 nitrogen and oxygen atoms in total. The summed E-state index contributed by atoms with van der Waals surface area (Å²) < 4.78 is 8.22. The largest absolute Gasteiger partial charge is 0.374 e. The van der Waals surface area contributed by atoms with E-state index in [-0.39, 0.29) is 0 Å². The molecule has 1 aliphatic heterocycles. The third-order valence-corrected chi connectivity index (χ3v) is 6.88. The summed E-state index contributed by atoms with van der Waals surface area (Å²) in [6.07, 6.45) is 5.54. The van der Waals surface area contributed by atoms with Gasteiger partial charge < -0.3 is 14.2 Å². The first-order valence-electron chi connectivity index (χ1n) is 11.8. The van der Waals surface area contributed by atoms with E-state index < -0.39 is 5.60 Å². The van der Waals surface area contributed by atoms with Crippen LogP contribution in [-0.4, -0.2) is 66.8 Å². The second-order valence-corrected chi connectivity index (χ2v) is 9.68. The number of rotatable bonds is 8. The van der Waals surface area contributed by atoms with Gasteiger partial charge in [-0.2, -0.15) is 0 Å². The lowest BCUT2D eigenvalue weighted by molar-refractivity contribution is 0.0580. The van der Waals surface area contributed by atoms with Crippen LogP contribution in [0.1, 0.15) is 39.0 Å². The molecule has 0 spiro atoms. The number of nitrogens with zero attached hydrogens (tertiary/aromatic N) is 3. The summed E-state index contributed by atoms with van der Waals surface area (Å²) in [6, 6.07) is 8.90. The van der Waals surface area contributed by atoms with Gasteiger partial charge in [0.05, 0.1) is 11.1 Å². The van der Waals surface area contributed by atoms with Crippen LogP contribution in [0.2, 0.25) is 0 Å². The molecule has 0 aliphatic carbocycles. The Morgan fingerprint density at radius 1 is 1.12 bits per heavy atom. The van der Waals surface area contributed by atoms with Gasteiger partial charge in [0.2, 0.25) is 0 Å². The molecule has 174 valence electrons. The van der Waals surface area contributed by atoms with E-state index in [1.54, 1.807) is 7.11 Å². The third-order valence-electron chi connectivity index (χ3n) is 6.88. The van der Waals surface area contributed by atoms with Crippen LogP contribution >= 0.6 is 0 Å². The molecule has 1 saturated heterocycles. The quantitative estimate of drug-likeness (QED) is 0.525. The molecular formula is C28H41N3O. The van der Waals surface area contributed by atoms with Gasteiger partial charge in [-0.3, -0.25) is 4.90 Å². The second kappa shape index (κ2) is 10.2. The Morgan fingerprint density at radius 3 is 2.44 bits per heavy atom. The van der Waals surface area contributed by atoms with Crippen LogP contribution in [0.15, 0.2) is 54.1 Å². The Balaban J connectivity index is 1.93. The zero-order valence-electron chi connectivity index (χ0n) is 21.2. The normalized spacial score (nSPS) is 17.3. The molecule has 2 heterocycles. The van der Waals surface area contributed by atoms with Gasteiger partial charge in [-0.15, -0.1) is 0 Å². The molecule has 4 heteroatoms. The molecule has 2 aromatic rings. The van der Waals surface area contributed by atoms with Crippen molar-refractivity contribution in [2.45, 2.75) is 39.7 Å². The number of benzene rings is 1. The number of ether oxygens (including phenoxy) is 1. The smallest absolute Gasteiger partial charge is 0.0871 e. The van der Waals surface area contributed by atoms with E-state index in [9.17, 15) is 0 Å². The fourth-order valence-electron chi connectivity index (χ4n) is 4.54. The van der Waals surface area contributed by atoms with Gasteiger partial charge >= 0.3 is 0 Å². The van der Waals surface area contributed by atoms with Crippen LogP contribution in [0, 0.1) is 0 Å². The molecule has 3 rings (SSSR count). The molecule has 1 aromatic carbocycles. The van der Waals surface area contributed by atoms with Crippen molar-refractivity contribution in [2.24, 2.45) is 7.05 Å².